The molecule has 1 aliphatic rings. The summed E-state index contributed by atoms with van der Waals surface area (Å²) >= 11 is 3.46. The Labute approximate surface area is 177 Å². The van der Waals surface area contributed by atoms with Gasteiger partial charge in [-0.15, -0.1) is 0 Å². The Balaban J connectivity index is 1.54. The molecule has 0 saturated carbocycles. The SMILES string of the molecule is Cc1ccccc1COc1cccc(/C=C2\N=C(c3ccccc3Br)OC2=O)c1. The maximum Gasteiger partial charge on any atom is 0.363 e. The molecule has 0 aromatic heterocycles. The van der Waals surface area contributed by atoms with Gasteiger partial charge in [0.15, 0.2) is 5.70 Å². The molecule has 3 aromatic carbocycles. The van der Waals surface area contributed by atoms with Crippen LogP contribution in [-0.4, -0.2) is 11.9 Å². The van der Waals surface area contributed by atoms with Crippen LogP contribution in [0.2, 0.25) is 0 Å². The van der Waals surface area contributed by atoms with Gasteiger partial charge in [0.1, 0.15) is 12.4 Å². The normalized spacial score (nSPS) is 14.6. The zero-order chi connectivity index (χ0) is 20.2. The van der Waals surface area contributed by atoms with E-state index in [4.69, 9.17) is 9.47 Å². The van der Waals surface area contributed by atoms with Crippen molar-refractivity contribution in [1.29, 1.82) is 0 Å². The molecule has 4 rings (SSSR count). The summed E-state index contributed by atoms with van der Waals surface area (Å²) in [6, 6.07) is 23.2. The van der Waals surface area contributed by atoms with Gasteiger partial charge in [-0.2, -0.15) is 0 Å². The van der Waals surface area contributed by atoms with Crippen molar-refractivity contribution in [2.24, 2.45) is 4.99 Å². The number of halogens is 1. The summed E-state index contributed by atoms with van der Waals surface area (Å²) in [5.74, 6) is 0.548. The van der Waals surface area contributed by atoms with E-state index in [1.165, 1.54) is 5.56 Å². The fraction of sp³-hybridized carbons (Fsp3) is 0.0833. The number of hydrogen-bond donors (Lipinski definition) is 0. The van der Waals surface area contributed by atoms with E-state index in [2.05, 4.69) is 33.9 Å². The van der Waals surface area contributed by atoms with E-state index < -0.39 is 5.97 Å². The second-order valence-corrected chi connectivity index (χ2v) is 7.46. The van der Waals surface area contributed by atoms with Crippen molar-refractivity contribution >= 4 is 33.9 Å². The number of ether oxygens (including phenoxy) is 2. The summed E-state index contributed by atoms with van der Waals surface area (Å²) in [5.41, 5.74) is 4.13. The first-order valence-corrected chi connectivity index (χ1v) is 9.94. The molecule has 0 spiro atoms. The topological polar surface area (TPSA) is 47.9 Å². The lowest BCUT2D eigenvalue weighted by molar-refractivity contribution is -0.129. The van der Waals surface area contributed by atoms with E-state index in [0.29, 0.717) is 12.5 Å². The van der Waals surface area contributed by atoms with Gasteiger partial charge in [-0.1, -0.05) is 48.5 Å². The van der Waals surface area contributed by atoms with Crippen LogP contribution in [0.25, 0.3) is 6.08 Å². The van der Waals surface area contributed by atoms with E-state index in [9.17, 15) is 4.79 Å². The highest BCUT2D eigenvalue weighted by Crippen LogP contribution is 2.25. The minimum Gasteiger partial charge on any atom is -0.489 e. The molecule has 5 heteroatoms. The molecule has 0 fully saturated rings. The maximum absolute atomic E-state index is 12.3. The van der Waals surface area contributed by atoms with Gasteiger partial charge in [-0.3, -0.25) is 0 Å². The summed E-state index contributed by atoms with van der Waals surface area (Å²) in [7, 11) is 0. The van der Waals surface area contributed by atoms with Crippen LogP contribution in [0.1, 0.15) is 22.3 Å². The molecule has 4 nitrogen and oxygen atoms in total. The molecule has 0 unspecified atom stereocenters. The zero-order valence-electron chi connectivity index (χ0n) is 15.8. The molecule has 0 N–H and O–H groups in total. The van der Waals surface area contributed by atoms with Crippen molar-refractivity contribution in [3.63, 3.8) is 0 Å². The Kier molecular flexibility index (Phi) is 5.58. The van der Waals surface area contributed by atoms with Crippen LogP contribution in [0, 0.1) is 6.92 Å². The average Bonchev–Trinajstić information content (AvgIpc) is 3.08. The Morgan fingerprint density at radius 3 is 2.66 bits per heavy atom. The first-order valence-electron chi connectivity index (χ1n) is 9.15. The molecule has 144 valence electrons. The van der Waals surface area contributed by atoms with Gasteiger partial charge < -0.3 is 9.47 Å². The Bertz CT molecular complexity index is 1130. The summed E-state index contributed by atoms with van der Waals surface area (Å²) < 4.78 is 12.1. The number of nitrogens with zero attached hydrogens (tertiary/aromatic N) is 1. The summed E-state index contributed by atoms with van der Waals surface area (Å²) in [5, 5.41) is 0. The van der Waals surface area contributed by atoms with Crippen molar-refractivity contribution in [1.82, 2.24) is 0 Å². The first kappa shape index (κ1) is 19.2. The molecular weight excluding hydrogens is 430 g/mol. The molecule has 0 bridgehead atoms. The number of rotatable bonds is 5. The predicted octanol–water partition coefficient (Wildman–Crippen LogP) is 5.68. The van der Waals surface area contributed by atoms with Crippen molar-refractivity contribution in [3.05, 3.63) is 105 Å². The lowest BCUT2D eigenvalue weighted by atomic mass is 10.1. The molecular formula is C24H18BrNO3. The van der Waals surface area contributed by atoms with E-state index in [0.717, 1.165) is 26.9 Å². The van der Waals surface area contributed by atoms with Crippen LogP contribution in [0.4, 0.5) is 0 Å². The van der Waals surface area contributed by atoms with E-state index in [1.54, 1.807) is 6.08 Å². The van der Waals surface area contributed by atoms with Gasteiger partial charge in [0.05, 0.1) is 5.56 Å². The molecule has 0 radical (unpaired) electrons. The average molecular weight is 448 g/mol. The highest BCUT2D eigenvalue weighted by Gasteiger charge is 2.25. The van der Waals surface area contributed by atoms with Crippen LogP contribution in [0.5, 0.6) is 5.75 Å². The molecule has 1 aliphatic heterocycles. The molecule has 0 aliphatic carbocycles. The van der Waals surface area contributed by atoms with E-state index >= 15 is 0 Å². The maximum atomic E-state index is 12.3. The number of carbonyl (C=O) groups is 1. The number of hydrogen-bond acceptors (Lipinski definition) is 4. The van der Waals surface area contributed by atoms with Gasteiger partial charge in [0.25, 0.3) is 0 Å². The van der Waals surface area contributed by atoms with Crippen molar-refractivity contribution in [2.75, 3.05) is 0 Å². The van der Waals surface area contributed by atoms with Crippen LogP contribution in [0.3, 0.4) is 0 Å². The van der Waals surface area contributed by atoms with Crippen LogP contribution < -0.4 is 4.74 Å². The van der Waals surface area contributed by atoms with Crippen LogP contribution in [0.15, 0.2) is 88.0 Å². The summed E-state index contributed by atoms with van der Waals surface area (Å²) in [4.78, 5) is 16.6. The summed E-state index contributed by atoms with van der Waals surface area (Å²) in [6.45, 7) is 2.55. The zero-order valence-corrected chi connectivity index (χ0v) is 17.3. The van der Waals surface area contributed by atoms with Gasteiger partial charge in [-0.05, 0) is 69.9 Å². The van der Waals surface area contributed by atoms with Crippen LogP contribution in [-0.2, 0) is 16.1 Å². The number of benzene rings is 3. The molecule has 3 aromatic rings. The largest absolute Gasteiger partial charge is 0.489 e. The quantitative estimate of drug-likeness (QED) is 0.373. The highest BCUT2D eigenvalue weighted by molar-refractivity contribution is 9.10. The van der Waals surface area contributed by atoms with Gasteiger partial charge in [-0.25, -0.2) is 9.79 Å². The first-order chi connectivity index (χ1) is 14.1. The monoisotopic (exact) mass is 447 g/mol. The Morgan fingerprint density at radius 2 is 1.83 bits per heavy atom. The second kappa shape index (κ2) is 8.45. The van der Waals surface area contributed by atoms with Gasteiger partial charge >= 0.3 is 5.97 Å². The van der Waals surface area contributed by atoms with Crippen molar-refractivity contribution in [2.45, 2.75) is 13.5 Å². The van der Waals surface area contributed by atoms with Gasteiger partial charge in [0.2, 0.25) is 5.90 Å². The van der Waals surface area contributed by atoms with Crippen LogP contribution >= 0.6 is 15.9 Å². The van der Waals surface area contributed by atoms with E-state index in [-0.39, 0.29) is 5.70 Å². The van der Waals surface area contributed by atoms with Crippen molar-refractivity contribution in [3.8, 4) is 5.75 Å². The fourth-order valence-corrected chi connectivity index (χ4v) is 3.40. The molecule has 29 heavy (non-hydrogen) atoms. The third-order valence-electron chi connectivity index (χ3n) is 4.54. The number of aryl methyl sites for hydroxylation is 1. The minimum absolute atomic E-state index is 0.256. The Morgan fingerprint density at radius 1 is 1.03 bits per heavy atom. The number of aliphatic imine (C=N–C) groups is 1. The molecule has 0 atom stereocenters. The third kappa shape index (κ3) is 4.46. The standard InChI is InChI=1S/C24H18BrNO3/c1-16-7-2-3-9-18(16)15-28-19-10-6-8-17(13-19)14-22-24(27)29-23(26-22)20-11-4-5-12-21(20)25/h2-14H,15H2,1H3/b22-14-. The Hall–Kier alpha value is -3.18. The van der Waals surface area contributed by atoms with E-state index in [1.807, 2.05) is 66.7 Å². The summed E-state index contributed by atoms with van der Waals surface area (Å²) in [6.07, 6.45) is 1.70. The third-order valence-corrected chi connectivity index (χ3v) is 5.23. The van der Waals surface area contributed by atoms with Gasteiger partial charge in [0, 0.05) is 4.47 Å². The molecule has 0 saturated heterocycles. The number of carbonyl (C=O) groups excluding carboxylic acids is 1. The number of esters is 1. The minimum atomic E-state index is -0.470. The predicted molar refractivity (Wildman–Crippen MR) is 117 cm³/mol. The lowest BCUT2D eigenvalue weighted by Gasteiger charge is -2.09. The number of cyclic esters (lactones) is 1. The highest BCUT2D eigenvalue weighted by atomic mass is 79.9. The molecule has 1 heterocycles. The van der Waals surface area contributed by atoms with Crippen molar-refractivity contribution < 1.29 is 14.3 Å². The fourth-order valence-electron chi connectivity index (χ4n) is 2.94. The lowest BCUT2D eigenvalue weighted by Crippen LogP contribution is -2.05. The smallest absolute Gasteiger partial charge is 0.363 e. The molecule has 0 amide bonds. The second-order valence-electron chi connectivity index (χ2n) is 6.60.